The Bertz CT molecular complexity index is 403. The maximum Gasteiger partial charge on any atom is 0.309 e. The monoisotopic (exact) mass is 352 g/mol. The van der Waals surface area contributed by atoms with E-state index in [2.05, 4.69) is 19.1 Å². The van der Waals surface area contributed by atoms with Crippen molar-refractivity contribution in [2.24, 2.45) is 11.8 Å². The van der Waals surface area contributed by atoms with Gasteiger partial charge in [0.2, 0.25) is 0 Å². The SMILES string of the molecule is CCCCCC/C=C/CCCCCOC(=O)C1CCCCC1C(=O)O. The molecular weight excluding hydrogens is 316 g/mol. The lowest BCUT2D eigenvalue weighted by Crippen LogP contribution is -2.33. The van der Waals surface area contributed by atoms with Crippen molar-refractivity contribution >= 4 is 11.9 Å². The lowest BCUT2D eigenvalue weighted by molar-refractivity contribution is -0.159. The quantitative estimate of drug-likeness (QED) is 0.270. The van der Waals surface area contributed by atoms with E-state index in [-0.39, 0.29) is 5.97 Å². The van der Waals surface area contributed by atoms with E-state index in [0.29, 0.717) is 19.4 Å². The van der Waals surface area contributed by atoms with Crippen molar-refractivity contribution in [1.29, 1.82) is 0 Å². The lowest BCUT2D eigenvalue weighted by atomic mass is 9.79. The number of carbonyl (C=O) groups excluding carboxylic acids is 1. The van der Waals surface area contributed by atoms with Gasteiger partial charge in [0, 0.05) is 0 Å². The van der Waals surface area contributed by atoms with Crippen molar-refractivity contribution in [3.63, 3.8) is 0 Å². The Hall–Kier alpha value is -1.32. The van der Waals surface area contributed by atoms with Gasteiger partial charge in [-0.05, 0) is 51.4 Å². The summed E-state index contributed by atoms with van der Waals surface area (Å²) in [6.45, 7) is 2.65. The third-order valence-corrected chi connectivity index (χ3v) is 5.04. The molecule has 0 aromatic rings. The normalized spacial score (nSPS) is 20.7. The molecule has 0 saturated heterocycles. The second kappa shape index (κ2) is 13.9. The van der Waals surface area contributed by atoms with Gasteiger partial charge in [-0.1, -0.05) is 51.2 Å². The molecule has 0 heterocycles. The highest BCUT2D eigenvalue weighted by atomic mass is 16.5. The fourth-order valence-electron chi connectivity index (χ4n) is 3.45. The zero-order valence-corrected chi connectivity index (χ0v) is 15.9. The number of hydrogen-bond donors (Lipinski definition) is 1. The number of carboxylic acid groups (broad SMARTS) is 1. The van der Waals surface area contributed by atoms with Crippen molar-refractivity contribution in [3.8, 4) is 0 Å². The van der Waals surface area contributed by atoms with Gasteiger partial charge in [0.25, 0.3) is 0 Å². The van der Waals surface area contributed by atoms with E-state index in [4.69, 9.17) is 4.74 Å². The average Bonchev–Trinajstić information content (AvgIpc) is 2.62. The van der Waals surface area contributed by atoms with Crippen LogP contribution in [0.5, 0.6) is 0 Å². The molecule has 0 aliphatic heterocycles. The Balaban J connectivity index is 2.02. The van der Waals surface area contributed by atoms with E-state index >= 15 is 0 Å². The largest absolute Gasteiger partial charge is 0.481 e. The van der Waals surface area contributed by atoms with Gasteiger partial charge in [0.05, 0.1) is 18.4 Å². The van der Waals surface area contributed by atoms with Crippen LogP contribution in [-0.2, 0) is 14.3 Å². The molecule has 1 rings (SSSR count). The first kappa shape index (κ1) is 21.7. The number of aliphatic carboxylic acids is 1. The van der Waals surface area contributed by atoms with Crippen LogP contribution in [0.15, 0.2) is 12.2 Å². The molecule has 0 aromatic carbocycles. The van der Waals surface area contributed by atoms with Gasteiger partial charge in [0.15, 0.2) is 0 Å². The molecule has 2 unspecified atom stereocenters. The first-order valence-electron chi connectivity index (χ1n) is 10.2. The van der Waals surface area contributed by atoms with Crippen molar-refractivity contribution < 1.29 is 19.4 Å². The molecule has 0 amide bonds. The van der Waals surface area contributed by atoms with Gasteiger partial charge < -0.3 is 9.84 Å². The van der Waals surface area contributed by atoms with Crippen LogP contribution in [0.3, 0.4) is 0 Å². The standard InChI is InChI=1S/C21H36O4/c1-2-3-4-5-6-7-8-9-10-11-14-17-25-21(24)19-16-13-12-15-18(19)20(22)23/h7-8,18-19H,2-6,9-17H2,1H3,(H,22,23)/b8-7+. The van der Waals surface area contributed by atoms with Gasteiger partial charge in [-0.15, -0.1) is 0 Å². The van der Waals surface area contributed by atoms with Gasteiger partial charge in [-0.2, -0.15) is 0 Å². The Morgan fingerprint density at radius 2 is 1.52 bits per heavy atom. The number of carbonyl (C=O) groups is 2. The number of ether oxygens (including phenoxy) is 1. The van der Waals surface area contributed by atoms with E-state index < -0.39 is 17.8 Å². The third kappa shape index (κ3) is 9.66. The van der Waals surface area contributed by atoms with Crippen molar-refractivity contribution in [2.45, 2.75) is 90.4 Å². The summed E-state index contributed by atoms with van der Waals surface area (Å²) in [4.78, 5) is 23.3. The Morgan fingerprint density at radius 3 is 2.12 bits per heavy atom. The number of carboxylic acids is 1. The third-order valence-electron chi connectivity index (χ3n) is 5.04. The van der Waals surface area contributed by atoms with E-state index in [0.717, 1.165) is 38.5 Å². The van der Waals surface area contributed by atoms with E-state index in [1.54, 1.807) is 0 Å². The van der Waals surface area contributed by atoms with Crippen molar-refractivity contribution in [2.75, 3.05) is 6.61 Å². The summed E-state index contributed by atoms with van der Waals surface area (Å²) in [5.41, 5.74) is 0. The molecule has 0 radical (unpaired) electrons. The number of allylic oxidation sites excluding steroid dienone is 2. The molecule has 0 bridgehead atoms. The van der Waals surface area contributed by atoms with E-state index in [1.807, 2.05) is 0 Å². The van der Waals surface area contributed by atoms with Crippen LogP contribution in [0, 0.1) is 11.8 Å². The predicted molar refractivity (Wildman–Crippen MR) is 100 cm³/mol. The maximum absolute atomic E-state index is 12.1. The average molecular weight is 353 g/mol. The van der Waals surface area contributed by atoms with Crippen molar-refractivity contribution in [3.05, 3.63) is 12.2 Å². The molecule has 1 fully saturated rings. The summed E-state index contributed by atoms with van der Waals surface area (Å²) < 4.78 is 5.32. The zero-order valence-electron chi connectivity index (χ0n) is 15.9. The van der Waals surface area contributed by atoms with Gasteiger partial charge in [0.1, 0.15) is 0 Å². The Labute approximate surface area is 153 Å². The summed E-state index contributed by atoms with van der Waals surface area (Å²) in [6.07, 6.45) is 18.1. The lowest BCUT2D eigenvalue weighted by Gasteiger charge is -2.26. The molecule has 144 valence electrons. The molecule has 0 aromatic heterocycles. The van der Waals surface area contributed by atoms with Crippen LogP contribution in [0.1, 0.15) is 90.4 Å². The topological polar surface area (TPSA) is 63.6 Å². The smallest absolute Gasteiger partial charge is 0.309 e. The Kier molecular flexibility index (Phi) is 12.1. The summed E-state index contributed by atoms with van der Waals surface area (Å²) in [7, 11) is 0. The summed E-state index contributed by atoms with van der Waals surface area (Å²) in [5, 5.41) is 9.22. The fourth-order valence-corrected chi connectivity index (χ4v) is 3.45. The number of rotatable bonds is 13. The van der Waals surface area contributed by atoms with E-state index in [1.165, 1.54) is 32.1 Å². The highest BCUT2D eigenvalue weighted by molar-refractivity contribution is 5.81. The number of hydrogen-bond acceptors (Lipinski definition) is 3. The minimum absolute atomic E-state index is 0.306. The zero-order chi connectivity index (χ0) is 18.3. The first-order chi connectivity index (χ1) is 12.2. The van der Waals surface area contributed by atoms with Crippen molar-refractivity contribution in [1.82, 2.24) is 0 Å². The van der Waals surface area contributed by atoms with E-state index in [9.17, 15) is 14.7 Å². The van der Waals surface area contributed by atoms with Crippen LogP contribution in [0.25, 0.3) is 0 Å². The molecule has 1 aliphatic carbocycles. The molecule has 1 aliphatic rings. The van der Waals surface area contributed by atoms with Gasteiger partial charge >= 0.3 is 11.9 Å². The molecular formula is C21H36O4. The number of unbranched alkanes of at least 4 members (excludes halogenated alkanes) is 7. The molecule has 25 heavy (non-hydrogen) atoms. The minimum atomic E-state index is -0.858. The van der Waals surface area contributed by atoms with Crippen LogP contribution >= 0.6 is 0 Å². The molecule has 4 nitrogen and oxygen atoms in total. The molecule has 0 spiro atoms. The van der Waals surface area contributed by atoms with Crippen LogP contribution in [0.4, 0.5) is 0 Å². The highest BCUT2D eigenvalue weighted by Gasteiger charge is 2.36. The van der Waals surface area contributed by atoms with Gasteiger partial charge in [-0.3, -0.25) is 9.59 Å². The molecule has 2 atom stereocenters. The minimum Gasteiger partial charge on any atom is -0.481 e. The molecule has 1 saturated carbocycles. The molecule has 4 heteroatoms. The van der Waals surface area contributed by atoms with Crippen LogP contribution in [0.2, 0.25) is 0 Å². The fraction of sp³-hybridized carbons (Fsp3) is 0.810. The maximum atomic E-state index is 12.1. The predicted octanol–water partition coefficient (Wildman–Crippen LogP) is 5.51. The first-order valence-corrected chi connectivity index (χ1v) is 10.2. The van der Waals surface area contributed by atoms with Crippen LogP contribution in [-0.4, -0.2) is 23.7 Å². The summed E-state index contributed by atoms with van der Waals surface area (Å²) in [6, 6.07) is 0. The second-order valence-corrected chi connectivity index (χ2v) is 7.17. The summed E-state index contributed by atoms with van der Waals surface area (Å²) in [5.74, 6) is -2.16. The number of esters is 1. The van der Waals surface area contributed by atoms with Gasteiger partial charge in [-0.25, -0.2) is 0 Å². The summed E-state index contributed by atoms with van der Waals surface area (Å²) >= 11 is 0. The second-order valence-electron chi connectivity index (χ2n) is 7.17. The Morgan fingerprint density at radius 1 is 0.920 bits per heavy atom. The highest BCUT2D eigenvalue weighted by Crippen LogP contribution is 2.31. The van der Waals surface area contributed by atoms with Crippen LogP contribution < -0.4 is 0 Å². The molecule has 1 N–H and O–H groups in total.